The van der Waals surface area contributed by atoms with E-state index < -0.39 is 0 Å². The third-order valence-electron chi connectivity index (χ3n) is 4.37. The monoisotopic (exact) mass is 378 g/mol. The highest BCUT2D eigenvalue weighted by molar-refractivity contribution is 5.75. The lowest BCUT2D eigenvalue weighted by Gasteiger charge is -2.14. The van der Waals surface area contributed by atoms with Gasteiger partial charge < -0.3 is 14.2 Å². The number of aromatic amines is 1. The second kappa shape index (κ2) is 7.07. The van der Waals surface area contributed by atoms with Crippen molar-refractivity contribution in [2.24, 2.45) is 0 Å². The summed E-state index contributed by atoms with van der Waals surface area (Å²) in [5, 5.41) is 0. The van der Waals surface area contributed by atoms with Crippen LogP contribution in [0.25, 0.3) is 28.2 Å². The second-order valence-corrected chi connectivity index (χ2v) is 5.94. The zero-order valence-corrected chi connectivity index (χ0v) is 15.6. The molecule has 0 saturated carbocycles. The molecule has 142 valence electrons. The third kappa shape index (κ3) is 2.84. The number of nitrogens with zero attached hydrogens (tertiary/aromatic N) is 3. The van der Waals surface area contributed by atoms with Gasteiger partial charge in [-0.3, -0.25) is 4.98 Å². The summed E-state index contributed by atoms with van der Waals surface area (Å²) in [7, 11) is 4.65. The smallest absolute Gasteiger partial charge is 0.333 e. The van der Waals surface area contributed by atoms with Gasteiger partial charge in [0.1, 0.15) is 0 Å². The molecule has 0 bridgehead atoms. The lowest BCUT2D eigenvalue weighted by atomic mass is 10.1. The van der Waals surface area contributed by atoms with Gasteiger partial charge in [-0.15, -0.1) is 0 Å². The molecular weight excluding hydrogens is 360 g/mol. The van der Waals surface area contributed by atoms with Crippen LogP contribution < -0.4 is 19.9 Å². The number of H-pyrrole nitrogens is 1. The molecule has 0 unspecified atom stereocenters. The first-order chi connectivity index (χ1) is 13.7. The van der Waals surface area contributed by atoms with Crippen molar-refractivity contribution in [3.05, 3.63) is 59.1 Å². The summed E-state index contributed by atoms with van der Waals surface area (Å²) < 4.78 is 17.7. The molecule has 2 aromatic carbocycles. The molecule has 0 radical (unpaired) electrons. The average molecular weight is 378 g/mol. The molecule has 0 atom stereocenters. The molecule has 0 saturated heterocycles. The van der Waals surface area contributed by atoms with E-state index in [0.29, 0.717) is 39.9 Å². The molecule has 0 aliphatic rings. The maximum absolute atomic E-state index is 12.4. The van der Waals surface area contributed by atoms with Gasteiger partial charge in [0.25, 0.3) is 0 Å². The lowest BCUT2D eigenvalue weighted by molar-refractivity contribution is 0.324. The van der Waals surface area contributed by atoms with Crippen LogP contribution in [-0.4, -0.2) is 40.8 Å². The number of fused-ring (bicyclic) bond motifs is 1. The standard InChI is InChI=1S/C20H18N4O4/c1-26-15-9-12(10-16(27-2)17(15)28-3)14-11-21-18-19(22-14)24(20(25)23-18)13-7-5-4-6-8-13/h4-11H,1-3H3,(H,21,23,25). The van der Waals surface area contributed by atoms with Crippen molar-refractivity contribution < 1.29 is 14.2 Å². The molecule has 2 aromatic heterocycles. The average Bonchev–Trinajstić information content (AvgIpc) is 3.07. The summed E-state index contributed by atoms with van der Waals surface area (Å²) >= 11 is 0. The molecule has 0 fully saturated rings. The van der Waals surface area contributed by atoms with Crippen molar-refractivity contribution >= 4 is 11.3 Å². The first-order valence-corrected chi connectivity index (χ1v) is 8.50. The predicted octanol–water partition coefficient (Wildman–Crippen LogP) is 2.80. The number of imidazole rings is 1. The van der Waals surface area contributed by atoms with Crippen LogP contribution >= 0.6 is 0 Å². The van der Waals surface area contributed by atoms with Crippen LogP contribution in [0.15, 0.2) is 53.5 Å². The largest absolute Gasteiger partial charge is 0.493 e. The molecule has 0 aliphatic heterocycles. The first kappa shape index (κ1) is 17.6. The summed E-state index contributed by atoms with van der Waals surface area (Å²) in [6, 6.07) is 12.8. The zero-order valence-electron chi connectivity index (χ0n) is 15.6. The Morgan fingerprint density at radius 2 is 1.64 bits per heavy atom. The SMILES string of the molecule is COc1cc(-c2cnc3[nH]c(=O)n(-c4ccccc4)c3n2)cc(OC)c1OC. The highest BCUT2D eigenvalue weighted by atomic mass is 16.5. The maximum atomic E-state index is 12.4. The highest BCUT2D eigenvalue weighted by Crippen LogP contribution is 2.40. The van der Waals surface area contributed by atoms with Crippen molar-refractivity contribution in [1.29, 1.82) is 0 Å². The number of aromatic nitrogens is 4. The van der Waals surface area contributed by atoms with E-state index in [9.17, 15) is 4.79 Å². The van der Waals surface area contributed by atoms with Crippen LogP contribution in [0.2, 0.25) is 0 Å². The summed E-state index contributed by atoms with van der Waals surface area (Å²) in [5.74, 6) is 1.51. The number of benzene rings is 2. The molecule has 8 nitrogen and oxygen atoms in total. The quantitative estimate of drug-likeness (QED) is 0.574. The highest BCUT2D eigenvalue weighted by Gasteiger charge is 2.17. The Morgan fingerprint density at radius 3 is 2.25 bits per heavy atom. The molecule has 0 aliphatic carbocycles. The number of hydrogen-bond acceptors (Lipinski definition) is 6. The molecule has 4 aromatic rings. The third-order valence-corrected chi connectivity index (χ3v) is 4.37. The van der Waals surface area contributed by atoms with Gasteiger partial charge in [-0.25, -0.2) is 19.3 Å². The number of nitrogens with one attached hydrogen (secondary N) is 1. The van der Waals surface area contributed by atoms with E-state index in [4.69, 9.17) is 14.2 Å². The van der Waals surface area contributed by atoms with Gasteiger partial charge in [-0.2, -0.15) is 0 Å². The van der Waals surface area contributed by atoms with Gasteiger partial charge in [0.05, 0.1) is 38.9 Å². The second-order valence-electron chi connectivity index (χ2n) is 5.94. The van der Waals surface area contributed by atoms with Gasteiger partial charge in [-0.1, -0.05) is 18.2 Å². The lowest BCUT2D eigenvalue weighted by Crippen LogP contribution is -2.14. The predicted molar refractivity (Wildman–Crippen MR) is 105 cm³/mol. The zero-order chi connectivity index (χ0) is 19.7. The molecule has 2 heterocycles. The topological polar surface area (TPSA) is 91.3 Å². The van der Waals surface area contributed by atoms with Crippen LogP contribution in [0.5, 0.6) is 17.2 Å². The summed E-state index contributed by atoms with van der Waals surface area (Å²) in [4.78, 5) is 24.2. The van der Waals surface area contributed by atoms with Crippen molar-refractivity contribution in [2.75, 3.05) is 21.3 Å². The van der Waals surface area contributed by atoms with Crippen molar-refractivity contribution in [3.63, 3.8) is 0 Å². The van der Waals surface area contributed by atoms with Crippen molar-refractivity contribution in [1.82, 2.24) is 19.5 Å². The van der Waals surface area contributed by atoms with Gasteiger partial charge in [0, 0.05) is 5.56 Å². The molecule has 1 N–H and O–H groups in total. The van der Waals surface area contributed by atoms with E-state index in [1.54, 1.807) is 39.7 Å². The molecular formula is C20H18N4O4. The fourth-order valence-electron chi connectivity index (χ4n) is 3.06. The minimum atomic E-state index is -0.303. The van der Waals surface area contributed by atoms with Crippen LogP contribution in [-0.2, 0) is 0 Å². The Balaban J connectivity index is 1.93. The number of hydrogen-bond donors (Lipinski definition) is 1. The van der Waals surface area contributed by atoms with E-state index in [1.807, 2.05) is 30.3 Å². The van der Waals surface area contributed by atoms with Gasteiger partial charge >= 0.3 is 5.69 Å². The minimum Gasteiger partial charge on any atom is -0.493 e. The fraction of sp³-hybridized carbons (Fsp3) is 0.150. The number of para-hydroxylation sites is 1. The number of ether oxygens (including phenoxy) is 3. The van der Waals surface area contributed by atoms with E-state index in [0.717, 1.165) is 5.56 Å². The Labute approximate surface area is 160 Å². The number of methoxy groups -OCH3 is 3. The van der Waals surface area contributed by atoms with Crippen molar-refractivity contribution in [2.45, 2.75) is 0 Å². The number of rotatable bonds is 5. The molecule has 0 amide bonds. The van der Waals surface area contributed by atoms with Crippen LogP contribution in [0.3, 0.4) is 0 Å². The molecule has 4 rings (SSSR count). The first-order valence-electron chi connectivity index (χ1n) is 8.50. The summed E-state index contributed by atoms with van der Waals surface area (Å²) in [6.45, 7) is 0. The Kier molecular flexibility index (Phi) is 4.44. The van der Waals surface area contributed by atoms with Crippen LogP contribution in [0.1, 0.15) is 0 Å². The van der Waals surface area contributed by atoms with E-state index >= 15 is 0 Å². The van der Waals surface area contributed by atoms with Crippen molar-refractivity contribution in [3.8, 4) is 34.2 Å². The van der Waals surface area contributed by atoms with E-state index in [1.165, 1.54) is 4.57 Å². The van der Waals surface area contributed by atoms with E-state index in [-0.39, 0.29) is 5.69 Å². The van der Waals surface area contributed by atoms with E-state index in [2.05, 4.69) is 15.0 Å². The normalized spacial score (nSPS) is 10.8. The fourth-order valence-corrected chi connectivity index (χ4v) is 3.06. The Hall–Kier alpha value is -3.81. The van der Waals surface area contributed by atoms with Gasteiger partial charge in [-0.05, 0) is 24.3 Å². The summed E-state index contributed by atoms with van der Waals surface area (Å²) in [6.07, 6.45) is 1.59. The van der Waals surface area contributed by atoms with Crippen LogP contribution in [0.4, 0.5) is 0 Å². The maximum Gasteiger partial charge on any atom is 0.333 e. The van der Waals surface area contributed by atoms with Gasteiger partial charge in [0.2, 0.25) is 5.75 Å². The minimum absolute atomic E-state index is 0.303. The molecule has 0 spiro atoms. The summed E-state index contributed by atoms with van der Waals surface area (Å²) in [5.41, 5.74) is 2.53. The molecule has 8 heteroatoms. The Bertz CT molecular complexity index is 1170. The Morgan fingerprint density at radius 1 is 0.964 bits per heavy atom. The van der Waals surface area contributed by atoms with Crippen LogP contribution in [0, 0.1) is 0 Å². The van der Waals surface area contributed by atoms with Gasteiger partial charge in [0.15, 0.2) is 22.8 Å². The molecule has 28 heavy (non-hydrogen) atoms.